The molecule has 0 fully saturated rings. The van der Waals surface area contributed by atoms with Gasteiger partial charge in [-0.3, -0.25) is 14.2 Å². The summed E-state index contributed by atoms with van der Waals surface area (Å²) in [5.74, 6) is -0.219. The highest BCUT2D eigenvalue weighted by Crippen LogP contribution is 2.16. The molecule has 0 saturated carbocycles. The molecule has 1 heterocycles. The van der Waals surface area contributed by atoms with Gasteiger partial charge < -0.3 is 5.32 Å². The summed E-state index contributed by atoms with van der Waals surface area (Å²) in [5.41, 5.74) is 2.04. The zero-order chi connectivity index (χ0) is 17.1. The first kappa shape index (κ1) is 16.4. The summed E-state index contributed by atoms with van der Waals surface area (Å²) in [4.78, 5) is 28.5. The smallest absolute Gasteiger partial charge is 0.269 e. The third-order valence-electron chi connectivity index (χ3n) is 3.80. The highest BCUT2D eigenvalue weighted by Gasteiger charge is 2.12. The van der Waals surface area contributed by atoms with E-state index in [-0.39, 0.29) is 24.1 Å². The van der Waals surface area contributed by atoms with Crippen LogP contribution in [0.15, 0.2) is 64.0 Å². The predicted octanol–water partition coefficient (Wildman–Crippen LogP) is 3.04. The number of benzene rings is 2. The van der Waals surface area contributed by atoms with Crippen molar-refractivity contribution in [1.82, 2.24) is 14.9 Å². The molecule has 0 spiro atoms. The van der Waals surface area contributed by atoms with Crippen molar-refractivity contribution in [3.8, 4) is 0 Å². The van der Waals surface area contributed by atoms with Crippen LogP contribution >= 0.6 is 15.9 Å². The first-order chi connectivity index (χ1) is 11.5. The molecular weight excluding hydrogens is 370 g/mol. The summed E-state index contributed by atoms with van der Waals surface area (Å²) in [5, 5.41) is 2.92. The maximum absolute atomic E-state index is 12.4. The van der Waals surface area contributed by atoms with E-state index in [0.717, 1.165) is 10.0 Å². The lowest BCUT2D eigenvalue weighted by Gasteiger charge is -2.16. The van der Waals surface area contributed by atoms with Gasteiger partial charge in [-0.15, -0.1) is 0 Å². The molecule has 122 valence electrons. The van der Waals surface area contributed by atoms with Crippen LogP contribution in [0.2, 0.25) is 0 Å². The molecular formula is C18H16BrN3O2. The normalized spacial score (nSPS) is 12.1. The van der Waals surface area contributed by atoms with Crippen molar-refractivity contribution in [2.75, 3.05) is 0 Å². The summed E-state index contributed by atoms with van der Waals surface area (Å²) in [6, 6.07) is 14.9. The van der Waals surface area contributed by atoms with Crippen LogP contribution in [-0.2, 0) is 11.3 Å². The minimum atomic E-state index is -0.292. The summed E-state index contributed by atoms with van der Waals surface area (Å²) >= 11 is 3.39. The van der Waals surface area contributed by atoms with E-state index >= 15 is 0 Å². The number of carbonyl (C=O) groups excluding carboxylic acids is 1. The van der Waals surface area contributed by atoms with E-state index in [1.807, 2.05) is 49.4 Å². The van der Waals surface area contributed by atoms with Crippen LogP contribution in [0.3, 0.4) is 0 Å². The maximum atomic E-state index is 12.4. The highest BCUT2D eigenvalue weighted by molar-refractivity contribution is 9.10. The number of fused-ring (bicyclic) bond motifs is 1. The van der Waals surface area contributed by atoms with E-state index in [1.165, 1.54) is 10.8 Å². The van der Waals surface area contributed by atoms with Crippen molar-refractivity contribution < 1.29 is 4.79 Å². The lowest BCUT2D eigenvalue weighted by molar-refractivity contribution is -0.122. The largest absolute Gasteiger partial charge is 0.348 e. The van der Waals surface area contributed by atoms with Crippen molar-refractivity contribution >= 4 is 32.9 Å². The minimum absolute atomic E-state index is 0.0390. The Balaban J connectivity index is 1.79. The molecule has 0 bridgehead atoms. The molecule has 1 atom stereocenters. The number of amides is 1. The molecule has 1 N–H and O–H groups in total. The lowest BCUT2D eigenvalue weighted by atomic mass is 10.1. The molecule has 1 aromatic heterocycles. The predicted molar refractivity (Wildman–Crippen MR) is 96.7 cm³/mol. The summed E-state index contributed by atoms with van der Waals surface area (Å²) in [6.07, 6.45) is 1.24. The van der Waals surface area contributed by atoms with Crippen LogP contribution in [0, 0.1) is 0 Å². The Kier molecular flexibility index (Phi) is 4.76. The number of nitrogens with zero attached hydrogens (tertiary/aromatic N) is 2. The van der Waals surface area contributed by atoms with Gasteiger partial charge in [0.05, 0.1) is 23.3 Å². The molecule has 6 heteroatoms. The Morgan fingerprint density at radius 1 is 1.21 bits per heavy atom. The molecule has 0 saturated heterocycles. The van der Waals surface area contributed by atoms with Gasteiger partial charge in [0.15, 0.2) is 0 Å². The monoisotopic (exact) mass is 385 g/mol. The van der Waals surface area contributed by atoms with Crippen molar-refractivity contribution in [3.63, 3.8) is 0 Å². The second-order valence-electron chi connectivity index (χ2n) is 5.51. The van der Waals surface area contributed by atoms with Crippen molar-refractivity contribution in [2.24, 2.45) is 0 Å². The number of rotatable bonds is 4. The quantitative estimate of drug-likeness (QED) is 0.750. The van der Waals surface area contributed by atoms with Gasteiger partial charge in [-0.2, -0.15) is 0 Å². The van der Waals surface area contributed by atoms with Gasteiger partial charge in [0.1, 0.15) is 6.54 Å². The summed E-state index contributed by atoms with van der Waals surface area (Å²) in [7, 11) is 0. The first-order valence-electron chi connectivity index (χ1n) is 7.54. The van der Waals surface area contributed by atoms with E-state index in [9.17, 15) is 9.59 Å². The Morgan fingerprint density at radius 2 is 1.92 bits per heavy atom. The van der Waals surface area contributed by atoms with Gasteiger partial charge in [-0.25, -0.2) is 4.98 Å². The molecule has 0 aliphatic rings. The lowest BCUT2D eigenvalue weighted by Crippen LogP contribution is -2.34. The molecule has 0 radical (unpaired) electrons. The number of hydrogen-bond acceptors (Lipinski definition) is 3. The zero-order valence-electron chi connectivity index (χ0n) is 13.1. The van der Waals surface area contributed by atoms with Crippen molar-refractivity contribution in [2.45, 2.75) is 19.5 Å². The number of aromatic nitrogens is 2. The number of nitrogens with one attached hydrogen (secondary N) is 1. The molecule has 0 aliphatic carbocycles. The second kappa shape index (κ2) is 6.97. The third-order valence-corrected chi connectivity index (χ3v) is 4.33. The summed E-state index contributed by atoms with van der Waals surface area (Å²) in [6.45, 7) is 1.87. The molecule has 2 aromatic carbocycles. The van der Waals surface area contributed by atoms with Crippen LogP contribution in [-0.4, -0.2) is 15.5 Å². The van der Waals surface area contributed by atoms with Crippen LogP contribution in [0.4, 0.5) is 0 Å². The van der Waals surface area contributed by atoms with Crippen LogP contribution < -0.4 is 10.9 Å². The minimum Gasteiger partial charge on any atom is -0.348 e. The fourth-order valence-electron chi connectivity index (χ4n) is 2.54. The van der Waals surface area contributed by atoms with Gasteiger partial charge in [0.25, 0.3) is 5.56 Å². The molecule has 1 amide bonds. The van der Waals surface area contributed by atoms with Crippen LogP contribution in [0.25, 0.3) is 11.0 Å². The Hall–Kier alpha value is -2.47. The van der Waals surface area contributed by atoms with Gasteiger partial charge in [-0.1, -0.05) is 40.2 Å². The van der Waals surface area contributed by atoms with Gasteiger partial charge in [0.2, 0.25) is 5.91 Å². The number of hydrogen-bond donors (Lipinski definition) is 1. The Morgan fingerprint density at radius 3 is 2.67 bits per heavy atom. The average molecular weight is 386 g/mol. The van der Waals surface area contributed by atoms with E-state index in [2.05, 4.69) is 26.2 Å². The van der Waals surface area contributed by atoms with E-state index in [1.54, 1.807) is 6.07 Å². The number of carbonyl (C=O) groups is 1. The molecule has 1 unspecified atom stereocenters. The average Bonchev–Trinajstić information content (AvgIpc) is 2.58. The fraction of sp³-hybridized carbons (Fsp3) is 0.167. The fourth-order valence-corrected chi connectivity index (χ4v) is 2.81. The summed E-state index contributed by atoms with van der Waals surface area (Å²) < 4.78 is 2.42. The van der Waals surface area contributed by atoms with Crippen molar-refractivity contribution in [3.05, 3.63) is 75.1 Å². The Labute approximate surface area is 147 Å². The van der Waals surface area contributed by atoms with E-state index in [4.69, 9.17) is 0 Å². The zero-order valence-corrected chi connectivity index (χ0v) is 14.7. The number of para-hydroxylation sites is 2. The second-order valence-corrected chi connectivity index (χ2v) is 6.43. The standard InChI is InChI=1S/C18H16BrN3O2/c1-12(13-6-8-14(19)9-7-13)21-17(23)11-22-16-5-3-2-4-15(16)20-10-18(22)24/h2-10,12H,11H2,1H3,(H,21,23). The molecule has 3 aromatic rings. The molecule has 5 nitrogen and oxygen atoms in total. The van der Waals surface area contributed by atoms with Crippen LogP contribution in [0.1, 0.15) is 18.5 Å². The number of halogens is 1. The third kappa shape index (κ3) is 3.54. The van der Waals surface area contributed by atoms with Gasteiger partial charge in [-0.05, 0) is 36.8 Å². The first-order valence-corrected chi connectivity index (χ1v) is 8.33. The molecule has 3 rings (SSSR count). The van der Waals surface area contributed by atoms with Crippen LogP contribution in [0.5, 0.6) is 0 Å². The van der Waals surface area contributed by atoms with E-state index in [0.29, 0.717) is 11.0 Å². The molecule has 24 heavy (non-hydrogen) atoms. The van der Waals surface area contributed by atoms with Gasteiger partial charge >= 0.3 is 0 Å². The van der Waals surface area contributed by atoms with Gasteiger partial charge in [0, 0.05) is 4.47 Å². The molecule has 0 aliphatic heterocycles. The SMILES string of the molecule is CC(NC(=O)Cn1c(=O)cnc2ccccc21)c1ccc(Br)cc1. The Bertz CT molecular complexity index is 935. The van der Waals surface area contributed by atoms with E-state index < -0.39 is 0 Å². The highest BCUT2D eigenvalue weighted by atomic mass is 79.9. The topological polar surface area (TPSA) is 64.0 Å². The van der Waals surface area contributed by atoms with Crippen molar-refractivity contribution in [1.29, 1.82) is 0 Å². The maximum Gasteiger partial charge on any atom is 0.269 e.